The molecule has 7 heteroatoms. The third kappa shape index (κ3) is 3.37. The van der Waals surface area contributed by atoms with Gasteiger partial charge in [0.1, 0.15) is 5.60 Å². The molecule has 0 bridgehead atoms. The van der Waals surface area contributed by atoms with Crippen LogP contribution in [0.5, 0.6) is 0 Å². The van der Waals surface area contributed by atoms with Crippen LogP contribution in [-0.2, 0) is 9.57 Å². The van der Waals surface area contributed by atoms with Crippen molar-refractivity contribution in [2.75, 3.05) is 45.9 Å². The van der Waals surface area contributed by atoms with Crippen molar-refractivity contribution in [1.29, 1.82) is 0 Å². The lowest BCUT2D eigenvalue weighted by Crippen LogP contribution is -2.58. The van der Waals surface area contributed by atoms with Crippen LogP contribution in [0.3, 0.4) is 0 Å². The molecule has 2 saturated heterocycles. The van der Waals surface area contributed by atoms with Gasteiger partial charge in [0.25, 0.3) is 0 Å². The molecule has 3 aliphatic heterocycles. The molecule has 0 radical (unpaired) electrons. The quantitative estimate of drug-likeness (QED) is 0.779. The molecule has 3 heterocycles. The number of hydroxylamine groups is 1. The maximum Gasteiger partial charge on any atom is 0.186 e. The lowest BCUT2D eigenvalue weighted by Gasteiger charge is -2.45. The topological polar surface area (TPSA) is 40.2 Å². The Balaban J connectivity index is 1.59. The van der Waals surface area contributed by atoms with Gasteiger partial charge >= 0.3 is 0 Å². The molecule has 6 nitrogen and oxygen atoms in total. The van der Waals surface area contributed by atoms with Gasteiger partial charge in [-0.25, -0.2) is 5.01 Å². The number of hydrogen-bond acceptors (Lipinski definition) is 5. The minimum atomic E-state index is -0.124. The van der Waals surface area contributed by atoms with Gasteiger partial charge in [-0.1, -0.05) is 6.92 Å². The van der Waals surface area contributed by atoms with Crippen LogP contribution in [0.15, 0.2) is 12.3 Å². The first-order valence-corrected chi connectivity index (χ1v) is 8.65. The molecule has 0 aromatic heterocycles. The number of nitrogens with one attached hydrogen (secondary N) is 1. The third-order valence-corrected chi connectivity index (χ3v) is 5.05. The van der Waals surface area contributed by atoms with Crippen molar-refractivity contribution >= 4 is 17.3 Å². The Morgan fingerprint density at radius 3 is 2.59 bits per heavy atom. The van der Waals surface area contributed by atoms with Crippen LogP contribution >= 0.6 is 12.2 Å². The van der Waals surface area contributed by atoms with Crippen LogP contribution in [0.2, 0.25) is 0 Å². The molecule has 2 fully saturated rings. The number of hydrogen-bond donors (Lipinski definition) is 1. The predicted octanol–water partition coefficient (Wildman–Crippen LogP) is 1.11. The Labute approximate surface area is 137 Å². The molecule has 0 aromatic rings. The number of likely N-dealkylation sites (tertiary alicyclic amines) is 1. The standard InChI is InChI=1S/C15H26N4O2S/c1-2-7-19(18-10-12-20-13-11-18)14(22)17-8-4-15(5-9-17)3-6-16-21-15/h3,6,16H,2,4-5,7-13H2,1H3. The van der Waals surface area contributed by atoms with Crippen LogP contribution in [0.1, 0.15) is 26.2 Å². The summed E-state index contributed by atoms with van der Waals surface area (Å²) in [6.45, 7) is 8.47. The van der Waals surface area contributed by atoms with E-state index in [4.69, 9.17) is 21.8 Å². The zero-order valence-electron chi connectivity index (χ0n) is 13.3. The van der Waals surface area contributed by atoms with E-state index in [2.05, 4.69) is 33.4 Å². The van der Waals surface area contributed by atoms with Crippen molar-refractivity contribution in [2.24, 2.45) is 0 Å². The summed E-state index contributed by atoms with van der Waals surface area (Å²) in [6, 6.07) is 0. The van der Waals surface area contributed by atoms with E-state index in [0.717, 1.165) is 70.3 Å². The summed E-state index contributed by atoms with van der Waals surface area (Å²) in [5, 5.41) is 5.57. The Morgan fingerprint density at radius 1 is 1.27 bits per heavy atom. The first-order valence-electron chi connectivity index (χ1n) is 8.24. The number of ether oxygens (including phenoxy) is 1. The molecule has 0 aromatic carbocycles. The van der Waals surface area contributed by atoms with E-state index in [1.807, 2.05) is 6.20 Å². The van der Waals surface area contributed by atoms with E-state index in [9.17, 15) is 0 Å². The molecule has 0 atom stereocenters. The molecule has 0 amide bonds. The predicted molar refractivity (Wildman–Crippen MR) is 88.9 cm³/mol. The smallest absolute Gasteiger partial charge is 0.186 e. The summed E-state index contributed by atoms with van der Waals surface area (Å²) in [5.41, 5.74) is 2.73. The molecule has 0 saturated carbocycles. The molecule has 0 aliphatic carbocycles. The summed E-state index contributed by atoms with van der Waals surface area (Å²) in [5.74, 6) is 0. The second-order valence-corrected chi connectivity index (χ2v) is 6.44. The molecule has 22 heavy (non-hydrogen) atoms. The lowest BCUT2D eigenvalue weighted by molar-refractivity contribution is -0.0735. The van der Waals surface area contributed by atoms with Crippen molar-refractivity contribution in [3.8, 4) is 0 Å². The van der Waals surface area contributed by atoms with Crippen molar-refractivity contribution in [3.63, 3.8) is 0 Å². The van der Waals surface area contributed by atoms with Crippen molar-refractivity contribution in [3.05, 3.63) is 12.3 Å². The average molecular weight is 326 g/mol. The molecule has 124 valence electrons. The minimum absolute atomic E-state index is 0.124. The van der Waals surface area contributed by atoms with Gasteiger partial charge in [0.2, 0.25) is 0 Å². The molecule has 3 rings (SSSR count). The van der Waals surface area contributed by atoms with E-state index in [-0.39, 0.29) is 5.60 Å². The lowest BCUT2D eigenvalue weighted by atomic mass is 9.92. The van der Waals surface area contributed by atoms with Gasteiger partial charge in [-0.3, -0.25) is 15.3 Å². The highest BCUT2D eigenvalue weighted by Gasteiger charge is 2.38. The zero-order chi connectivity index (χ0) is 15.4. The Bertz CT molecular complexity index is 418. The number of thiocarbonyl (C=S) groups is 1. The van der Waals surface area contributed by atoms with E-state index in [1.165, 1.54) is 0 Å². The highest BCUT2D eigenvalue weighted by atomic mass is 32.1. The Hall–Kier alpha value is -0.890. The summed E-state index contributed by atoms with van der Waals surface area (Å²) in [4.78, 5) is 7.98. The second kappa shape index (κ2) is 7.12. The van der Waals surface area contributed by atoms with Gasteiger partial charge in [-0.05, 0) is 24.7 Å². The number of piperidine rings is 1. The maximum atomic E-state index is 5.80. The van der Waals surface area contributed by atoms with Gasteiger partial charge in [-0.2, -0.15) is 0 Å². The number of morpholine rings is 1. The summed E-state index contributed by atoms with van der Waals surface area (Å²) in [6.07, 6.45) is 7.06. The fourth-order valence-corrected chi connectivity index (χ4v) is 3.63. The molecule has 3 aliphatic rings. The van der Waals surface area contributed by atoms with Crippen molar-refractivity contribution in [1.82, 2.24) is 20.4 Å². The summed E-state index contributed by atoms with van der Waals surface area (Å²) >= 11 is 5.80. The highest BCUT2D eigenvalue weighted by Crippen LogP contribution is 2.30. The van der Waals surface area contributed by atoms with Crippen LogP contribution in [-0.4, -0.2) is 71.6 Å². The van der Waals surface area contributed by atoms with Gasteiger partial charge in [0.15, 0.2) is 5.11 Å². The number of hydrazine groups is 1. The number of rotatable bonds is 3. The van der Waals surface area contributed by atoms with Crippen LogP contribution in [0, 0.1) is 0 Å². The van der Waals surface area contributed by atoms with Gasteiger partial charge in [-0.15, -0.1) is 0 Å². The van der Waals surface area contributed by atoms with Gasteiger partial charge < -0.3 is 9.64 Å². The monoisotopic (exact) mass is 326 g/mol. The van der Waals surface area contributed by atoms with Crippen molar-refractivity contribution in [2.45, 2.75) is 31.8 Å². The normalized spacial score (nSPS) is 24.5. The third-order valence-electron chi connectivity index (χ3n) is 4.58. The molecule has 1 N–H and O–H groups in total. The molecular weight excluding hydrogens is 300 g/mol. The second-order valence-electron chi connectivity index (χ2n) is 6.08. The fourth-order valence-electron chi connectivity index (χ4n) is 3.24. The SMILES string of the molecule is CCCN(C(=S)N1CCC2(C=CNO2)CC1)N1CCOCC1. The van der Waals surface area contributed by atoms with Gasteiger partial charge in [0, 0.05) is 51.8 Å². The molecule has 1 spiro atoms. The summed E-state index contributed by atoms with van der Waals surface area (Å²) < 4.78 is 5.46. The van der Waals surface area contributed by atoms with Crippen LogP contribution in [0.4, 0.5) is 0 Å². The first-order chi connectivity index (χ1) is 10.7. The zero-order valence-corrected chi connectivity index (χ0v) is 14.1. The largest absolute Gasteiger partial charge is 0.379 e. The van der Waals surface area contributed by atoms with E-state index in [0.29, 0.717) is 0 Å². The van der Waals surface area contributed by atoms with Crippen LogP contribution in [0.25, 0.3) is 0 Å². The van der Waals surface area contributed by atoms with E-state index >= 15 is 0 Å². The molecule has 0 unspecified atom stereocenters. The maximum absolute atomic E-state index is 5.80. The van der Waals surface area contributed by atoms with E-state index in [1.54, 1.807) is 0 Å². The number of nitrogens with zero attached hydrogens (tertiary/aromatic N) is 3. The Morgan fingerprint density at radius 2 is 2.00 bits per heavy atom. The van der Waals surface area contributed by atoms with Crippen molar-refractivity contribution < 1.29 is 9.57 Å². The summed E-state index contributed by atoms with van der Waals surface area (Å²) in [7, 11) is 0. The minimum Gasteiger partial charge on any atom is -0.379 e. The highest BCUT2D eigenvalue weighted by molar-refractivity contribution is 7.80. The van der Waals surface area contributed by atoms with E-state index < -0.39 is 0 Å². The van der Waals surface area contributed by atoms with Gasteiger partial charge in [0.05, 0.1) is 13.2 Å². The Kier molecular flexibility index (Phi) is 5.18. The fraction of sp³-hybridized carbons (Fsp3) is 0.800. The average Bonchev–Trinajstić information content (AvgIpc) is 3.02. The molecular formula is C15H26N4O2S. The first kappa shape index (κ1) is 16.0. The van der Waals surface area contributed by atoms with Crippen LogP contribution < -0.4 is 5.48 Å².